The Bertz CT molecular complexity index is 608. The molecular weight excluding hydrogens is 258 g/mol. The van der Waals surface area contributed by atoms with Crippen LogP contribution in [0.2, 0.25) is 0 Å². The van der Waals surface area contributed by atoms with E-state index in [-0.39, 0.29) is 5.91 Å². The normalized spacial score (nSPS) is 10.3. The molecule has 8 nitrogen and oxygen atoms in total. The lowest BCUT2D eigenvalue weighted by molar-refractivity contribution is 0.0953. The zero-order valence-corrected chi connectivity index (χ0v) is 11.4. The van der Waals surface area contributed by atoms with Crippen LogP contribution in [-0.2, 0) is 13.5 Å². The van der Waals surface area contributed by atoms with Gasteiger partial charge in [-0.3, -0.25) is 4.79 Å². The van der Waals surface area contributed by atoms with Crippen molar-refractivity contribution in [2.45, 2.75) is 13.3 Å². The molecule has 0 unspecified atom stereocenters. The zero-order valence-electron chi connectivity index (χ0n) is 11.4. The molecule has 0 radical (unpaired) electrons. The number of nitrogen functional groups attached to an aromatic ring is 1. The minimum absolute atomic E-state index is 0.172. The number of carbonyl (C=O) groups excluding carboxylic acids is 1. The number of hydrogen-bond acceptors (Lipinski definition) is 6. The fourth-order valence-corrected chi connectivity index (χ4v) is 1.80. The van der Waals surface area contributed by atoms with Crippen LogP contribution >= 0.6 is 0 Å². The molecule has 4 N–H and O–H groups in total. The van der Waals surface area contributed by atoms with Crippen molar-refractivity contribution in [3.05, 3.63) is 35.5 Å². The molecule has 0 aliphatic heterocycles. The van der Waals surface area contributed by atoms with Crippen LogP contribution in [0.15, 0.2) is 18.5 Å². The number of anilines is 1. The lowest BCUT2D eigenvalue weighted by Crippen LogP contribution is -2.26. The van der Waals surface area contributed by atoms with Gasteiger partial charge in [0.1, 0.15) is 18.0 Å². The van der Waals surface area contributed by atoms with Gasteiger partial charge in [0.25, 0.3) is 5.91 Å². The number of rotatable bonds is 5. The van der Waals surface area contributed by atoms with Crippen LogP contribution in [-0.4, -0.2) is 32.2 Å². The molecule has 8 heteroatoms. The van der Waals surface area contributed by atoms with Crippen molar-refractivity contribution >= 4 is 11.7 Å². The second-order valence-corrected chi connectivity index (χ2v) is 4.39. The Kier molecular flexibility index (Phi) is 4.26. The minimum atomic E-state index is -0.172. The van der Waals surface area contributed by atoms with Gasteiger partial charge in [-0.05, 0) is 19.1 Å². The number of amides is 1. The lowest BCUT2D eigenvalue weighted by Gasteiger charge is -2.07. The molecular formula is C12H17N7O. The van der Waals surface area contributed by atoms with E-state index in [1.807, 2.05) is 11.6 Å². The summed E-state index contributed by atoms with van der Waals surface area (Å²) in [6.45, 7) is 2.29. The quantitative estimate of drug-likeness (QED) is 0.514. The highest BCUT2D eigenvalue weighted by Gasteiger charge is 2.08. The van der Waals surface area contributed by atoms with Gasteiger partial charge in [-0.25, -0.2) is 10.8 Å². The predicted octanol–water partition coefficient (Wildman–Crippen LogP) is -0.223. The number of nitrogens with two attached hydrogens (primary N) is 1. The van der Waals surface area contributed by atoms with E-state index in [4.69, 9.17) is 5.84 Å². The molecule has 1 amide bonds. The fraction of sp³-hybridized carbons (Fsp3) is 0.333. The van der Waals surface area contributed by atoms with E-state index < -0.39 is 0 Å². The Labute approximate surface area is 116 Å². The number of carbonyl (C=O) groups is 1. The summed E-state index contributed by atoms with van der Waals surface area (Å²) in [7, 11) is 1.86. The highest BCUT2D eigenvalue weighted by Crippen LogP contribution is 2.08. The maximum Gasteiger partial charge on any atom is 0.251 e. The zero-order chi connectivity index (χ0) is 14.5. The Morgan fingerprint density at radius 1 is 1.45 bits per heavy atom. The van der Waals surface area contributed by atoms with Crippen LogP contribution in [0.4, 0.5) is 5.82 Å². The molecule has 20 heavy (non-hydrogen) atoms. The molecule has 0 fully saturated rings. The van der Waals surface area contributed by atoms with Crippen molar-refractivity contribution in [1.29, 1.82) is 0 Å². The maximum absolute atomic E-state index is 12.0. The van der Waals surface area contributed by atoms with Gasteiger partial charge in [-0.2, -0.15) is 0 Å². The van der Waals surface area contributed by atoms with E-state index in [9.17, 15) is 4.79 Å². The standard InChI is InChI=1S/C12H17N7O/c1-8-5-9(6-10(16-8)17-13)12(20)14-4-3-11-18-15-7-19(11)2/h5-7H,3-4,13H2,1-2H3,(H,14,20)(H,16,17). The molecule has 0 saturated heterocycles. The number of hydrazine groups is 1. The van der Waals surface area contributed by atoms with Crippen LogP contribution in [0.1, 0.15) is 21.9 Å². The van der Waals surface area contributed by atoms with Crippen molar-refractivity contribution < 1.29 is 4.79 Å². The molecule has 2 aromatic heterocycles. The third-order valence-corrected chi connectivity index (χ3v) is 2.80. The van der Waals surface area contributed by atoms with Gasteiger partial charge in [-0.1, -0.05) is 0 Å². The van der Waals surface area contributed by atoms with E-state index in [2.05, 4.69) is 25.9 Å². The fourth-order valence-electron chi connectivity index (χ4n) is 1.80. The molecule has 106 valence electrons. The summed E-state index contributed by atoms with van der Waals surface area (Å²) in [5.41, 5.74) is 3.67. The molecule has 0 saturated carbocycles. The van der Waals surface area contributed by atoms with Crippen molar-refractivity contribution in [2.24, 2.45) is 12.9 Å². The molecule has 0 aromatic carbocycles. The first-order valence-corrected chi connectivity index (χ1v) is 6.16. The van der Waals surface area contributed by atoms with E-state index in [0.29, 0.717) is 24.3 Å². The summed E-state index contributed by atoms with van der Waals surface area (Å²) in [5, 5.41) is 10.6. The highest BCUT2D eigenvalue weighted by atomic mass is 16.1. The average molecular weight is 275 g/mol. The first-order chi connectivity index (χ1) is 9.60. The van der Waals surface area contributed by atoms with Crippen LogP contribution in [0.5, 0.6) is 0 Å². The molecule has 2 rings (SSSR count). The Hall–Kier alpha value is -2.48. The summed E-state index contributed by atoms with van der Waals surface area (Å²) in [4.78, 5) is 16.2. The number of nitrogens with one attached hydrogen (secondary N) is 2. The highest BCUT2D eigenvalue weighted by molar-refractivity contribution is 5.94. The van der Waals surface area contributed by atoms with Crippen LogP contribution in [0.3, 0.4) is 0 Å². The van der Waals surface area contributed by atoms with E-state index >= 15 is 0 Å². The second kappa shape index (κ2) is 6.11. The summed E-state index contributed by atoms with van der Waals surface area (Å²) < 4.78 is 1.82. The number of aryl methyl sites for hydroxylation is 2. The summed E-state index contributed by atoms with van der Waals surface area (Å²) >= 11 is 0. The number of aromatic nitrogens is 4. The number of nitrogens with zero attached hydrogens (tertiary/aromatic N) is 4. The molecule has 2 heterocycles. The Morgan fingerprint density at radius 3 is 2.90 bits per heavy atom. The summed E-state index contributed by atoms with van der Waals surface area (Å²) in [6, 6.07) is 3.31. The van der Waals surface area contributed by atoms with Crippen molar-refractivity contribution in [3.8, 4) is 0 Å². The molecule has 0 spiro atoms. The third kappa shape index (κ3) is 3.29. The number of hydrogen-bond donors (Lipinski definition) is 3. The van der Waals surface area contributed by atoms with Gasteiger partial charge in [0.2, 0.25) is 0 Å². The first kappa shape index (κ1) is 13.9. The van der Waals surface area contributed by atoms with Crippen LogP contribution in [0, 0.1) is 6.92 Å². The third-order valence-electron chi connectivity index (χ3n) is 2.80. The summed E-state index contributed by atoms with van der Waals surface area (Å²) in [6.07, 6.45) is 2.25. The van der Waals surface area contributed by atoms with Crippen LogP contribution in [0.25, 0.3) is 0 Å². The van der Waals surface area contributed by atoms with Gasteiger partial charge in [0, 0.05) is 31.3 Å². The maximum atomic E-state index is 12.0. The first-order valence-electron chi connectivity index (χ1n) is 6.16. The predicted molar refractivity (Wildman–Crippen MR) is 73.8 cm³/mol. The van der Waals surface area contributed by atoms with Crippen LogP contribution < -0.4 is 16.6 Å². The Balaban J connectivity index is 1.95. The SMILES string of the molecule is Cc1cc(C(=O)NCCc2nncn2C)cc(NN)n1. The van der Waals surface area contributed by atoms with Gasteiger partial charge in [-0.15, -0.1) is 10.2 Å². The van der Waals surface area contributed by atoms with Gasteiger partial charge in [0.15, 0.2) is 0 Å². The largest absolute Gasteiger partial charge is 0.352 e. The van der Waals surface area contributed by atoms with E-state index in [1.165, 1.54) is 0 Å². The van der Waals surface area contributed by atoms with Gasteiger partial charge >= 0.3 is 0 Å². The topological polar surface area (TPSA) is 111 Å². The van der Waals surface area contributed by atoms with Crippen molar-refractivity contribution in [3.63, 3.8) is 0 Å². The van der Waals surface area contributed by atoms with Gasteiger partial charge < -0.3 is 15.3 Å². The molecule has 0 bridgehead atoms. The Morgan fingerprint density at radius 2 is 2.25 bits per heavy atom. The molecule has 0 atom stereocenters. The minimum Gasteiger partial charge on any atom is -0.352 e. The monoisotopic (exact) mass is 275 g/mol. The number of pyridine rings is 1. The molecule has 0 aliphatic carbocycles. The summed E-state index contributed by atoms with van der Waals surface area (Å²) in [5.74, 6) is 6.42. The lowest BCUT2D eigenvalue weighted by atomic mass is 10.2. The van der Waals surface area contributed by atoms with Crippen molar-refractivity contribution in [2.75, 3.05) is 12.0 Å². The average Bonchev–Trinajstić information content (AvgIpc) is 2.83. The molecule has 2 aromatic rings. The van der Waals surface area contributed by atoms with E-state index in [0.717, 1.165) is 11.5 Å². The van der Waals surface area contributed by atoms with E-state index in [1.54, 1.807) is 25.4 Å². The van der Waals surface area contributed by atoms with Crippen molar-refractivity contribution in [1.82, 2.24) is 25.1 Å². The smallest absolute Gasteiger partial charge is 0.251 e. The second-order valence-electron chi connectivity index (χ2n) is 4.39. The van der Waals surface area contributed by atoms with Gasteiger partial charge in [0.05, 0.1) is 0 Å². The molecule has 0 aliphatic rings.